The summed E-state index contributed by atoms with van der Waals surface area (Å²) in [6.45, 7) is 5.73. The van der Waals surface area contributed by atoms with Crippen molar-refractivity contribution in [3.05, 3.63) is 35.6 Å². The SMILES string of the molecule is C=C(C)c1cc2ccn(N)c2nc1Cl. The second kappa shape index (κ2) is 3.03. The van der Waals surface area contributed by atoms with Gasteiger partial charge in [0.05, 0.1) is 0 Å². The zero-order valence-electron chi connectivity index (χ0n) is 7.79. The molecule has 2 rings (SSSR count). The van der Waals surface area contributed by atoms with Crippen molar-refractivity contribution >= 4 is 28.2 Å². The van der Waals surface area contributed by atoms with Crippen molar-refractivity contribution in [3.63, 3.8) is 0 Å². The van der Waals surface area contributed by atoms with E-state index in [0.717, 1.165) is 16.5 Å². The molecule has 0 aliphatic heterocycles. The molecule has 0 aliphatic rings. The van der Waals surface area contributed by atoms with Gasteiger partial charge in [-0.3, -0.25) is 4.68 Å². The summed E-state index contributed by atoms with van der Waals surface area (Å²) in [4.78, 5) is 4.20. The summed E-state index contributed by atoms with van der Waals surface area (Å²) in [7, 11) is 0. The molecular formula is C10H10ClN3. The minimum atomic E-state index is 0.440. The van der Waals surface area contributed by atoms with Crippen molar-refractivity contribution in [2.45, 2.75) is 6.92 Å². The maximum atomic E-state index is 5.99. The van der Waals surface area contributed by atoms with Crippen LogP contribution in [0.1, 0.15) is 12.5 Å². The smallest absolute Gasteiger partial charge is 0.159 e. The molecule has 14 heavy (non-hydrogen) atoms. The summed E-state index contributed by atoms with van der Waals surface area (Å²) in [6.07, 6.45) is 1.75. The molecule has 4 heteroatoms. The first-order chi connectivity index (χ1) is 6.59. The lowest BCUT2D eigenvalue weighted by atomic mass is 10.1. The Morgan fingerprint density at radius 3 is 3.00 bits per heavy atom. The average molecular weight is 208 g/mol. The van der Waals surface area contributed by atoms with Crippen molar-refractivity contribution in [1.29, 1.82) is 0 Å². The lowest BCUT2D eigenvalue weighted by molar-refractivity contribution is 1.04. The molecule has 2 N–H and O–H groups in total. The molecule has 0 unspecified atom stereocenters. The lowest BCUT2D eigenvalue weighted by Crippen LogP contribution is -2.06. The Labute approximate surface area is 86.8 Å². The maximum Gasteiger partial charge on any atom is 0.159 e. The normalized spacial score (nSPS) is 10.7. The summed E-state index contributed by atoms with van der Waals surface area (Å²) in [5.74, 6) is 5.64. The Hall–Kier alpha value is -1.48. The molecule has 3 nitrogen and oxygen atoms in total. The highest BCUT2D eigenvalue weighted by atomic mass is 35.5. The third kappa shape index (κ3) is 1.26. The van der Waals surface area contributed by atoms with E-state index in [1.165, 1.54) is 4.68 Å². The van der Waals surface area contributed by atoms with Crippen LogP contribution in [-0.4, -0.2) is 9.66 Å². The van der Waals surface area contributed by atoms with Crippen LogP contribution in [0, 0.1) is 0 Å². The Morgan fingerprint density at radius 2 is 2.36 bits per heavy atom. The first kappa shape index (κ1) is 9.09. The fourth-order valence-corrected chi connectivity index (χ4v) is 1.65. The van der Waals surface area contributed by atoms with Gasteiger partial charge in [-0.05, 0) is 24.6 Å². The number of fused-ring (bicyclic) bond motifs is 1. The van der Waals surface area contributed by atoms with E-state index in [0.29, 0.717) is 10.8 Å². The number of nitrogens with two attached hydrogens (primary N) is 1. The third-order valence-corrected chi connectivity index (χ3v) is 2.39. The molecule has 0 amide bonds. The van der Waals surface area contributed by atoms with Gasteiger partial charge >= 0.3 is 0 Å². The molecular weight excluding hydrogens is 198 g/mol. The van der Waals surface area contributed by atoms with Gasteiger partial charge in [-0.25, -0.2) is 4.98 Å². The number of rotatable bonds is 1. The Morgan fingerprint density at radius 1 is 1.64 bits per heavy atom. The summed E-state index contributed by atoms with van der Waals surface area (Å²) < 4.78 is 1.45. The molecule has 2 aromatic heterocycles. The van der Waals surface area contributed by atoms with Crippen molar-refractivity contribution < 1.29 is 0 Å². The number of halogens is 1. The second-order valence-corrected chi connectivity index (χ2v) is 3.60. The van der Waals surface area contributed by atoms with Crippen LogP contribution in [-0.2, 0) is 0 Å². The monoisotopic (exact) mass is 207 g/mol. The first-order valence-electron chi connectivity index (χ1n) is 4.18. The van der Waals surface area contributed by atoms with Gasteiger partial charge in [0.2, 0.25) is 0 Å². The highest BCUT2D eigenvalue weighted by Gasteiger charge is 2.07. The van der Waals surface area contributed by atoms with Crippen molar-refractivity contribution in [2.24, 2.45) is 0 Å². The van der Waals surface area contributed by atoms with E-state index in [2.05, 4.69) is 11.6 Å². The molecule has 0 aliphatic carbocycles. The highest BCUT2D eigenvalue weighted by molar-refractivity contribution is 6.31. The fourth-order valence-electron chi connectivity index (χ4n) is 1.36. The Bertz CT molecular complexity index is 513. The molecule has 2 aromatic rings. The molecule has 0 radical (unpaired) electrons. The minimum absolute atomic E-state index is 0.440. The van der Waals surface area contributed by atoms with E-state index in [4.69, 9.17) is 17.4 Å². The van der Waals surface area contributed by atoms with Gasteiger partial charge in [-0.1, -0.05) is 18.2 Å². The van der Waals surface area contributed by atoms with Crippen LogP contribution in [0.5, 0.6) is 0 Å². The standard InChI is InChI=1S/C10H10ClN3/c1-6(2)8-5-7-3-4-14(12)10(7)13-9(8)11/h3-5H,1,12H2,2H3. The van der Waals surface area contributed by atoms with Crippen LogP contribution in [0.15, 0.2) is 24.9 Å². The molecule has 0 bridgehead atoms. The zero-order valence-corrected chi connectivity index (χ0v) is 8.54. The van der Waals surface area contributed by atoms with Gasteiger partial charge in [0.15, 0.2) is 5.65 Å². The topological polar surface area (TPSA) is 43.8 Å². The quantitative estimate of drug-likeness (QED) is 0.577. The number of aromatic nitrogens is 2. The summed E-state index contributed by atoms with van der Waals surface area (Å²) >= 11 is 5.99. The van der Waals surface area contributed by atoms with Gasteiger partial charge in [-0.15, -0.1) is 0 Å². The molecule has 0 aromatic carbocycles. The summed E-state index contributed by atoms with van der Waals surface area (Å²) in [5, 5.41) is 1.41. The van der Waals surface area contributed by atoms with E-state index in [-0.39, 0.29) is 0 Å². The van der Waals surface area contributed by atoms with E-state index in [1.807, 2.05) is 19.1 Å². The zero-order chi connectivity index (χ0) is 10.3. The minimum Gasteiger partial charge on any atom is -0.338 e. The van der Waals surface area contributed by atoms with Gasteiger partial charge in [0.1, 0.15) is 5.15 Å². The first-order valence-corrected chi connectivity index (χ1v) is 4.56. The number of allylic oxidation sites excluding steroid dienone is 1. The number of nitrogen functional groups attached to an aromatic ring is 1. The van der Waals surface area contributed by atoms with Crippen molar-refractivity contribution in [2.75, 3.05) is 5.84 Å². The predicted molar refractivity (Wildman–Crippen MR) is 59.6 cm³/mol. The maximum absolute atomic E-state index is 5.99. The number of pyridine rings is 1. The molecule has 2 heterocycles. The van der Waals surface area contributed by atoms with Crippen LogP contribution in [0.3, 0.4) is 0 Å². The van der Waals surface area contributed by atoms with E-state index in [9.17, 15) is 0 Å². The molecule has 0 spiro atoms. The Kier molecular flexibility index (Phi) is 1.97. The van der Waals surface area contributed by atoms with Crippen molar-refractivity contribution in [3.8, 4) is 0 Å². The second-order valence-electron chi connectivity index (χ2n) is 3.24. The molecule has 0 saturated carbocycles. The van der Waals surface area contributed by atoms with Crippen LogP contribution in [0.25, 0.3) is 16.6 Å². The van der Waals surface area contributed by atoms with Crippen LogP contribution in [0.2, 0.25) is 5.15 Å². The summed E-state index contributed by atoms with van der Waals surface area (Å²) in [5.41, 5.74) is 2.44. The van der Waals surface area contributed by atoms with Gasteiger partial charge < -0.3 is 5.84 Å². The molecule has 72 valence electrons. The predicted octanol–water partition coefficient (Wildman–Crippen LogP) is 2.44. The van der Waals surface area contributed by atoms with Crippen molar-refractivity contribution in [1.82, 2.24) is 9.66 Å². The largest absolute Gasteiger partial charge is 0.338 e. The molecule has 0 saturated heterocycles. The lowest BCUT2D eigenvalue weighted by Gasteiger charge is -2.03. The van der Waals surface area contributed by atoms with Crippen LogP contribution < -0.4 is 5.84 Å². The van der Waals surface area contributed by atoms with Crippen LogP contribution in [0.4, 0.5) is 0 Å². The van der Waals surface area contributed by atoms with E-state index >= 15 is 0 Å². The highest BCUT2D eigenvalue weighted by Crippen LogP contribution is 2.25. The molecule has 0 fully saturated rings. The van der Waals surface area contributed by atoms with Crippen LogP contribution >= 0.6 is 11.6 Å². The van der Waals surface area contributed by atoms with Gasteiger partial charge in [0.25, 0.3) is 0 Å². The number of hydrogen-bond donors (Lipinski definition) is 1. The average Bonchev–Trinajstić information content (AvgIpc) is 2.46. The van der Waals surface area contributed by atoms with Gasteiger partial charge in [-0.2, -0.15) is 0 Å². The third-order valence-electron chi connectivity index (χ3n) is 2.10. The van der Waals surface area contributed by atoms with E-state index in [1.54, 1.807) is 6.20 Å². The number of nitrogens with zero attached hydrogens (tertiary/aromatic N) is 2. The Balaban J connectivity index is 2.79. The fraction of sp³-hybridized carbons (Fsp3) is 0.100. The number of hydrogen-bond acceptors (Lipinski definition) is 2. The molecule has 0 atom stereocenters. The van der Waals surface area contributed by atoms with Gasteiger partial charge in [0, 0.05) is 17.1 Å². The summed E-state index contributed by atoms with van der Waals surface area (Å²) in [6, 6.07) is 3.83. The van der Waals surface area contributed by atoms with E-state index < -0.39 is 0 Å².